The molecule has 0 aliphatic carbocycles. The number of sulfone groups is 1. The molecule has 0 spiro atoms. The summed E-state index contributed by atoms with van der Waals surface area (Å²) in [5, 5.41) is 3.33. The summed E-state index contributed by atoms with van der Waals surface area (Å²) in [4.78, 5) is 4.48. The molecule has 19 heavy (non-hydrogen) atoms. The average Bonchev–Trinajstić information content (AvgIpc) is 2.10. The highest BCUT2D eigenvalue weighted by molar-refractivity contribution is 7.90. The third kappa shape index (κ3) is 4.91. The topological polar surface area (TPSA) is 59.1 Å². The van der Waals surface area contributed by atoms with Gasteiger partial charge in [-0.1, -0.05) is 0 Å². The molecule has 1 heterocycles. The lowest BCUT2D eigenvalue weighted by Gasteiger charge is -2.23. The van der Waals surface area contributed by atoms with E-state index in [0.717, 1.165) is 17.0 Å². The minimum absolute atomic E-state index is 0.0786. The number of aromatic nitrogens is 1. The number of pyridine rings is 1. The van der Waals surface area contributed by atoms with Gasteiger partial charge in [0.2, 0.25) is 0 Å². The van der Waals surface area contributed by atoms with Crippen molar-refractivity contribution in [2.75, 3.05) is 12.0 Å². The highest BCUT2D eigenvalue weighted by atomic mass is 32.2. The van der Waals surface area contributed by atoms with Gasteiger partial charge in [0.25, 0.3) is 0 Å². The standard InChI is InChI=1S/C14H24N2O2S/c1-9-7-10(2)15-12(4)14(9)13(5)16-11(3)8-19(6,17)18/h7,11,13,16H,8H2,1-6H3. The van der Waals surface area contributed by atoms with Gasteiger partial charge in [-0.2, -0.15) is 0 Å². The van der Waals surface area contributed by atoms with Gasteiger partial charge in [-0.3, -0.25) is 4.98 Å². The molecule has 0 amide bonds. The van der Waals surface area contributed by atoms with Crippen LogP contribution in [0.1, 0.15) is 42.4 Å². The number of rotatable bonds is 5. The van der Waals surface area contributed by atoms with E-state index in [1.165, 1.54) is 11.8 Å². The first-order valence-corrected chi connectivity index (χ1v) is 8.54. The number of nitrogens with zero attached hydrogens (tertiary/aromatic N) is 1. The van der Waals surface area contributed by atoms with E-state index in [1.54, 1.807) is 0 Å². The fraction of sp³-hybridized carbons (Fsp3) is 0.643. The number of hydrogen-bond acceptors (Lipinski definition) is 4. The lowest BCUT2D eigenvalue weighted by molar-refractivity contribution is 0.496. The first-order chi connectivity index (χ1) is 8.60. The Morgan fingerprint density at radius 3 is 2.32 bits per heavy atom. The molecule has 2 atom stereocenters. The van der Waals surface area contributed by atoms with Crippen LogP contribution >= 0.6 is 0 Å². The molecule has 1 N–H and O–H groups in total. The lowest BCUT2D eigenvalue weighted by atomic mass is 10.00. The van der Waals surface area contributed by atoms with Crippen LogP contribution < -0.4 is 5.32 Å². The van der Waals surface area contributed by atoms with Crippen LogP contribution in [-0.4, -0.2) is 31.5 Å². The van der Waals surface area contributed by atoms with E-state index in [1.807, 2.05) is 27.7 Å². The Morgan fingerprint density at radius 2 is 1.84 bits per heavy atom. The van der Waals surface area contributed by atoms with Crippen molar-refractivity contribution in [3.05, 3.63) is 28.6 Å². The second-order valence-corrected chi connectivity index (χ2v) is 7.65. The van der Waals surface area contributed by atoms with E-state index < -0.39 is 9.84 Å². The summed E-state index contributed by atoms with van der Waals surface area (Å²) < 4.78 is 22.6. The molecule has 0 bridgehead atoms. The Labute approximate surface area is 116 Å². The van der Waals surface area contributed by atoms with Crippen LogP contribution in [0.5, 0.6) is 0 Å². The van der Waals surface area contributed by atoms with Gasteiger partial charge < -0.3 is 5.32 Å². The first-order valence-electron chi connectivity index (χ1n) is 6.48. The van der Waals surface area contributed by atoms with Gasteiger partial charge in [0.15, 0.2) is 0 Å². The van der Waals surface area contributed by atoms with Crippen LogP contribution in [0.2, 0.25) is 0 Å². The molecule has 1 aromatic heterocycles. The quantitative estimate of drug-likeness (QED) is 0.899. The van der Waals surface area contributed by atoms with Crippen molar-refractivity contribution in [1.82, 2.24) is 10.3 Å². The molecule has 0 saturated carbocycles. The Balaban J connectivity index is 2.87. The van der Waals surface area contributed by atoms with Gasteiger partial charge >= 0.3 is 0 Å². The number of hydrogen-bond donors (Lipinski definition) is 1. The SMILES string of the molecule is Cc1cc(C)c(C(C)NC(C)CS(C)(=O)=O)c(C)n1. The van der Waals surface area contributed by atoms with Crippen LogP contribution in [-0.2, 0) is 9.84 Å². The van der Waals surface area contributed by atoms with Crippen molar-refractivity contribution in [3.63, 3.8) is 0 Å². The van der Waals surface area contributed by atoms with Crippen LogP contribution in [0.3, 0.4) is 0 Å². The van der Waals surface area contributed by atoms with Gasteiger partial charge in [-0.25, -0.2) is 8.42 Å². The molecule has 0 saturated heterocycles. The molecular formula is C14H24N2O2S. The Hall–Kier alpha value is -0.940. The summed E-state index contributed by atoms with van der Waals surface area (Å²) in [7, 11) is -2.96. The van der Waals surface area contributed by atoms with Gasteiger partial charge in [-0.05, 0) is 51.8 Å². The minimum atomic E-state index is -2.96. The van der Waals surface area contributed by atoms with E-state index in [0.29, 0.717) is 0 Å². The largest absolute Gasteiger partial charge is 0.307 e. The molecule has 108 valence electrons. The van der Waals surface area contributed by atoms with Crippen molar-refractivity contribution >= 4 is 9.84 Å². The van der Waals surface area contributed by atoms with Gasteiger partial charge in [0, 0.05) is 29.7 Å². The second-order valence-electron chi connectivity index (χ2n) is 5.46. The first kappa shape index (κ1) is 16.1. The molecule has 0 fully saturated rings. The third-order valence-electron chi connectivity index (χ3n) is 3.10. The highest BCUT2D eigenvalue weighted by Gasteiger charge is 2.17. The maximum Gasteiger partial charge on any atom is 0.148 e. The molecule has 5 heteroatoms. The zero-order chi connectivity index (χ0) is 14.8. The Kier molecular flexibility index (Phi) is 5.10. The average molecular weight is 284 g/mol. The van der Waals surface area contributed by atoms with Crippen molar-refractivity contribution in [2.45, 2.75) is 46.7 Å². The van der Waals surface area contributed by atoms with Gasteiger partial charge in [0.1, 0.15) is 9.84 Å². The molecule has 0 aliphatic rings. The van der Waals surface area contributed by atoms with E-state index in [4.69, 9.17) is 0 Å². The third-order valence-corrected chi connectivity index (χ3v) is 4.21. The van der Waals surface area contributed by atoms with Crippen molar-refractivity contribution in [2.24, 2.45) is 0 Å². The molecule has 0 radical (unpaired) electrons. The summed E-state index contributed by atoms with van der Waals surface area (Å²) in [6, 6.07) is 2.07. The van der Waals surface area contributed by atoms with Crippen LogP contribution in [0, 0.1) is 20.8 Å². The summed E-state index contributed by atoms with van der Waals surface area (Å²) >= 11 is 0. The van der Waals surface area contributed by atoms with Crippen LogP contribution in [0.15, 0.2) is 6.07 Å². The predicted octanol–water partition coefficient (Wildman–Crippen LogP) is 2.09. The van der Waals surface area contributed by atoms with E-state index in [2.05, 4.69) is 23.3 Å². The van der Waals surface area contributed by atoms with E-state index >= 15 is 0 Å². The molecule has 0 aromatic carbocycles. The molecular weight excluding hydrogens is 260 g/mol. The predicted molar refractivity (Wildman–Crippen MR) is 79.2 cm³/mol. The maximum absolute atomic E-state index is 11.3. The minimum Gasteiger partial charge on any atom is -0.307 e. The number of aryl methyl sites for hydroxylation is 3. The van der Waals surface area contributed by atoms with E-state index in [-0.39, 0.29) is 17.8 Å². The Morgan fingerprint density at radius 1 is 1.26 bits per heavy atom. The molecule has 4 nitrogen and oxygen atoms in total. The summed E-state index contributed by atoms with van der Waals surface area (Å²) in [6.07, 6.45) is 1.26. The van der Waals surface area contributed by atoms with Crippen molar-refractivity contribution in [3.8, 4) is 0 Å². The number of nitrogens with one attached hydrogen (secondary N) is 1. The fourth-order valence-electron chi connectivity index (χ4n) is 2.70. The monoisotopic (exact) mass is 284 g/mol. The van der Waals surface area contributed by atoms with E-state index in [9.17, 15) is 8.42 Å². The summed E-state index contributed by atoms with van der Waals surface area (Å²) in [5.41, 5.74) is 4.36. The van der Waals surface area contributed by atoms with Crippen molar-refractivity contribution in [1.29, 1.82) is 0 Å². The lowest BCUT2D eigenvalue weighted by Crippen LogP contribution is -2.35. The highest BCUT2D eigenvalue weighted by Crippen LogP contribution is 2.21. The smallest absolute Gasteiger partial charge is 0.148 e. The zero-order valence-electron chi connectivity index (χ0n) is 12.6. The second kappa shape index (κ2) is 6.01. The molecule has 0 aliphatic heterocycles. The zero-order valence-corrected chi connectivity index (χ0v) is 13.4. The normalized spacial score (nSPS) is 15.3. The van der Waals surface area contributed by atoms with Crippen LogP contribution in [0.25, 0.3) is 0 Å². The van der Waals surface area contributed by atoms with Gasteiger partial charge in [0.05, 0.1) is 5.75 Å². The van der Waals surface area contributed by atoms with Crippen molar-refractivity contribution < 1.29 is 8.42 Å². The molecule has 2 unspecified atom stereocenters. The fourth-order valence-corrected chi connectivity index (χ4v) is 3.71. The summed E-state index contributed by atoms with van der Waals surface area (Å²) in [6.45, 7) is 9.98. The molecule has 1 rings (SSSR count). The van der Waals surface area contributed by atoms with Gasteiger partial charge in [-0.15, -0.1) is 0 Å². The molecule has 1 aromatic rings. The Bertz CT molecular complexity index is 530. The van der Waals surface area contributed by atoms with Crippen LogP contribution in [0.4, 0.5) is 0 Å². The maximum atomic E-state index is 11.3. The summed E-state index contributed by atoms with van der Waals surface area (Å²) in [5.74, 6) is 0.148.